The number of nitrogens with zero attached hydrogens (tertiary/aromatic N) is 2. The molecule has 3 heterocycles. The van der Waals surface area contributed by atoms with Gasteiger partial charge in [-0.15, -0.1) is 0 Å². The molecule has 1 aromatic heterocycles. The van der Waals surface area contributed by atoms with Crippen molar-refractivity contribution < 1.29 is 19.1 Å². The molecule has 2 aromatic carbocycles. The number of carbonyl (C=O) groups excluding carboxylic acids is 2. The van der Waals surface area contributed by atoms with Crippen LogP contribution in [0.3, 0.4) is 0 Å². The second-order valence-corrected chi connectivity index (χ2v) is 7.86. The van der Waals surface area contributed by atoms with E-state index in [1.807, 2.05) is 53.4 Å². The highest BCUT2D eigenvalue weighted by Crippen LogP contribution is 2.40. The zero-order chi connectivity index (χ0) is 20.7. The summed E-state index contributed by atoms with van der Waals surface area (Å²) in [6.07, 6.45) is 4.83. The molecule has 1 amide bonds. The summed E-state index contributed by atoms with van der Waals surface area (Å²) in [6.45, 7) is 0.972. The van der Waals surface area contributed by atoms with Crippen molar-refractivity contribution in [3.63, 3.8) is 0 Å². The van der Waals surface area contributed by atoms with E-state index in [2.05, 4.69) is 0 Å². The van der Waals surface area contributed by atoms with Crippen molar-refractivity contribution in [1.82, 2.24) is 9.47 Å². The predicted molar refractivity (Wildman–Crippen MR) is 112 cm³/mol. The first kappa shape index (κ1) is 18.5. The Morgan fingerprint density at radius 3 is 2.60 bits per heavy atom. The number of aromatic nitrogens is 1. The Labute approximate surface area is 174 Å². The maximum absolute atomic E-state index is 13.0. The van der Waals surface area contributed by atoms with E-state index < -0.39 is 5.60 Å². The van der Waals surface area contributed by atoms with Crippen molar-refractivity contribution in [1.29, 1.82) is 0 Å². The lowest BCUT2D eigenvalue weighted by molar-refractivity contribution is 0.0427. The molecule has 3 aromatic rings. The number of methoxy groups -OCH3 is 1. The molecule has 6 nitrogen and oxygen atoms in total. The van der Waals surface area contributed by atoms with E-state index in [-0.39, 0.29) is 18.1 Å². The summed E-state index contributed by atoms with van der Waals surface area (Å²) in [7, 11) is 1.57. The maximum Gasteiger partial charge on any atom is 0.253 e. The van der Waals surface area contributed by atoms with Crippen molar-refractivity contribution in [3.8, 4) is 17.2 Å². The Balaban J connectivity index is 1.33. The fourth-order valence-electron chi connectivity index (χ4n) is 4.31. The molecule has 1 fully saturated rings. The van der Waals surface area contributed by atoms with Gasteiger partial charge in [-0.2, -0.15) is 0 Å². The number of benzene rings is 2. The fourth-order valence-corrected chi connectivity index (χ4v) is 4.31. The predicted octanol–water partition coefficient (Wildman–Crippen LogP) is 3.74. The summed E-state index contributed by atoms with van der Waals surface area (Å²) in [5.41, 5.74) is 1.53. The molecule has 1 unspecified atom stereocenters. The Bertz CT molecular complexity index is 1100. The molecule has 0 aliphatic carbocycles. The summed E-state index contributed by atoms with van der Waals surface area (Å²) in [6, 6.07) is 16.8. The molecule has 0 bridgehead atoms. The van der Waals surface area contributed by atoms with Gasteiger partial charge in [0.1, 0.15) is 17.1 Å². The molecule has 152 valence electrons. The molecular weight excluding hydrogens is 380 g/mol. The van der Waals surface area contributed by atoms with E-state index in [1.165, 1.54) is 0 Å². The van der Waals surface area contributed by atoms with Gasteiger partial charge in [0.25, 0.3) is 5.91 Å². The second kappa shape index (κ2) is 7.06. The van der Waals surface area contributed by atoms with Crippen LogP contribution in [0.1, 0.15) is 33.6 Å². The van der Waals surface area contributed by atoms with E-state index in [0.29, 0.717) is 42.1 Å². The molecule has 6 heteroatoms. The van der Waals surface area contributed by atoms with Gasteiger partial charge in [-0.25, -0.2) is 0 Å². The van der Waals surface area contributed by atoms with Crippen LogP contribution in [0.15, 0.2) is 67.0 Å². The van der Waals surface area contributed by atoms with Gasteiger partial charge in [0.2, 0.25) is 0 Å². The topological polar surface area (TPSA) is 60.8 Å². The van der Waals surface area contributed by atoms with E-state index >= 15 is 0 Å². The Morgan fingerprint density at radius 2 is 1.87 bits per heavy atom. The molecule has 0 radical (unpaired) electrons. The molecule has 1 spiro atoms. The first-order valence-corrected chi connectivity index (χ1v) is 10.00. The zero-order valence-electron chi connectivity index (χ0n) is 16.7. The number of ketones is 1. The van der Waals surface area contributed by atoms with Crippen LogP contribution < -0.4 is 9.47 Å². The van der Waals surface area contributed by atoms with Crippen LogP contribution in [0.5, 0.6) is 11.5 Å². The van der Waals surface area contributed by atoms with Gasteiger partial charge < -0.3 is 18.9 Å². The first-order chi connectivity index (χ1) is 14.6. The summed E-state index contributed by atoms with van der Waals surface area (Å²) in [5.74, 6) is 1.19. The van der Waals surface area contributed by atoms with Crippen LogP contribution in [0.2, 0.25) is 0 Å². The van der Waals surface area contributed by atoms with Crippen molar-refractivity contribution >= 4 is 11.7 Å². The Hall–Kier alpha value is -3.54. The maximum atomic E-state index is 13.0. The third-order valence-corrected chi connectivity index (χ3v) is 5.92. The van der Waals surface area contributed by atoms with Gasteiger partial charge >= 0.3 is 0 Å². The van der Waals surface area contributed by atoms with Crippen LogP contribution >= 0.6 is 0 Å². The average Bonchev–Trinajstić information content (AvgIpc) is 3.44. The fraction of sp³-hybridized carbons (Fsp3) is 0.250. The van der Waals surface area contributed by atoms with E-state index in [9.17, 15) is 9.59 Å². The van der Waals surface area contributed by atoms with Crippen molar-refractivity contribution in [2.24, 2.45) is 0 Å². The third kappa shape index (κ3) is 3.14. The number of fused-ring (bicyclic) bond motifs is 1. The molecule has 5 rings (SSSR count). The Kier molecular flexibility index (Phi) is 4.35. The minimum absolute atomic E-state index is 0.0283. The smallest absolute Gasteiger partial charge is 0.253 e. The highest BCUT2D eigenvalue weighted by atomic mass is 16.5. The average molecular weight is 402 g/mol. The summed E-state index contributed by atoms with van der Waals surface area (Å²) >= 11 is 0. The number of amides is 1. The molecule has 1 saturated heterocycles. The molecule has 2 aliphatic heterocycles. The first-order valence-electron chi connectivity index (χ1n) is 10.00. The van der Waals surface area contributed by atoms with Crippen LogP contribution in [0.4, 0.5) is 0 Å². The molecule has 30 heavy (non-hydrogen) atoms. The number of hydrogen-bond acceptors (Lipinski definition) is 4. The standard InChI is InChI=1S/C24H22N2O4/c1-29-19-8-9-22-20(14-19)21(27)15-24(30-22)10-13-26(16-24)23(28)17-4-6-18(7-5-17)25-11-2-3-12-25/h2-9,11-12,14H,10,13,15-16H2,1H3. The van der Waals surface area contributed by atoms with Gasteiger partial charge in [-0.3, -0.25) is 9.59 Å². The van der Waals surface area contributed by atoms with Crippen LogP contribution in [-0.4, -0.2) is 47.0 Å². The summed E-state index contributed by atoms with van der Waals surface area (Å²) in [5, 5.41) is 0. The van der Waals surface area contributed by atoms with Gasteiger partial charge in [0.15, 0.2) is 5.78 Å². The third-order valence-electron chi connectivity index (χ3n) is 5.92. The molecule has 0 saturated carbocycles. The highest BCUT2D eigenvalue weighted by molar-refractivity contribution is 6.01. The van der Waals surface area contributed by atoms with E-state index in [4.69, 9.17) is 9.47 Å². The number of Topliss-reactive ketones (excluding diaryl/α,β-unsaturated/α-hetero) is 1. The van der Waals surface area contributed by atoms with E-state index in [0.717, 1.165) is 5.69 Å². The highest BCUT2D eigenvalue weighted by Gasteiger charge is 2.47. The minimum atomic E-state index is -0.653. The van der Waals surface area contributed by atoms with Crippen molar-refractivity contribution in [2.75, 3.05) is 20.2 Å². The SMILES string of the molecule is COc1ccc2c(c1)C(=O)CC1(CCN(C(=O)c3ccc(-n4cccc4)cc3)C1)O2. The largest absolute Gasteiger partial charge is 0.497 e. The number of ether oxygens (including phenoxy) is 2. The lowest BCUT2D eigenvalue weighted by atomic mass is 9.89. The van der Waals surface area contributed by atoms with Gasteiger partial charge in [0.05, 0.1) is 25.6 Å². The minimum Gasteiger partial charge on any atom is -0.497 e. The van der Waals surface area contributed by atoms with Crippen molar-refractivity contribution in [2.45, 2.75) is 18.4 Å². The molecular formula is C24H22N2O4. The van der Waals surface area contributed by atoms with Gasteiger partial charge in [0, 0.05) is 36.6 Å². The normalized spacial score (nSPS) is 20.2. The number of rotatable bonds is 3. The van der Waals surface area contributed by atoms with Crippen LogP contribution in [0.25, 0.3) is 5.69 Å². The second-order valence-electron chi connectivity index (χ2n) is 7.86. The number of carbonyl (C=O) groups is 2. The van der Waals surface area contributed by atoms with Crippen LogP contribution in [0, 0.1) is 0 Å². The van der Waals surface area contributed by atoms with E-state index in [1.54, 1.807) is 30.2 Å². The number of likely N-dealkylation sites (tertiary alicyclic amines) is 1. The molecule has 0 N–H and O–H groups in total. The Morgan fingerprint density at radius 1 is 1.10 bits per heavy atom. The zero-order valence-corrected chi connectivity index (χ0v) is 16.7. The summed E-state index contributed by atoms with van der Waals surface area (Å²) < 4.78 is 13.5. The van der Waals surface area contributed by atoms with Crippen molar-refractivity contribution in [3.05, 3.63) is 78.1 Å². The monoisotopic (exact) mass is 402 g/mol. The quantitative estimate of drug-likeness (QED) is 0.670. The number of hydrogen-bond donors (Lipinski definition) is 0. The van der Waals surface area contributed by atoms with Gasteiger partial charge in [-0.1, -0.05) is 0 Å². The lowest BCUT2D eigenvalue weighted by Crippen LogP contribution is -2.45. The molecule has 2 aliphatic rings. The molecule has 1 atom stereocenters. The lowest BCUT2D eigenvalue weighted by Gasteiger charge is -2.34. The van der Waals surface area contributed by atoms with Crippen LogP contribution in [-0.2, 0) is 0 Å². The van der Waals surface area contributed by atoms with Gasteiger partial charge in [-0.05, 0) is 54.6 Å². The summed E-state index contributed by atoms with van der Waals surface area (Å²) in [4.78, 5) is 27.6.